The number of alkyl halides is 3. The largest absolute Gasteiger partial charge is 0.573 e. The minimum Gasteiger partial charge on any atom is -0.406 e. The van der Waals surface area contributed by atoms with Gasteiger partial charge >= 0.3 is 6.36 Å². The Morgan fingerprint density at radius 2 is 1.86 bits per heavy atom. The summed E-state index contributed by atoms with van der Waals surface area (Å²) in [6, 6.07) is 13.8. The molecule has 0 spiro atoms. The molecule has 2 aromatic heterocycles. The summed E-state index contributed by atoms with van der Waals surface area (Å²) in [6.45, 7) is 3.83. The van der Waals surface area contributed by atoms with Crippen LogP contribution in [0.25, 0.3) is 11.0 Å². The number of hydrogen-bond donors (Lipinski definition) is 3. The lowest BCUT2D eigenvalue weighted by Gasteiger charge is -2.13. The number of pyridine rings is 1. The van der Waals surface area contributed by atoms with E-state index in [2.05, 4.69) is 25.3 Å². The lowest BCUT2D eigenvalue weighted by atomic mass is 10.1. The van der Waals surface area contributed by atoms with Crippen LogP contribution in [-0.2, 0) is 6.54 Å². The van der Waals surface area contributed by atoms with Crippen molar-refractivity contribution in [3.8, 4) is 5.75 Å². The van der Waals surface area contributed by atoms with Gasteiger partial charge in [0.15, 0.2) is 5.78 Å². The zero-order valence-electron chi connectivity index (χ0n) is 18.8. The van der Waals surface area contributed by atoms with Crippen LogP contribution in [0.2, 0.25) is 0 Å². The molecule has 10 heteroatoms. The highest BCUT2D eigenvalue weighted by atomic mass is 19.4. The Morgan fingerprint density at radius 3 is 2.60 bits per heavy atom. The number of ether oxygens (including phenoxy) is 1. The molecule has 3 N–H and O–H groups in total. The summed E-state index contributed by atoms with van der Waals surface area (Å²) in [4.78, 5) is 31.4. The number of rotatable bonds is 7. The van der Waals surface area contributed by atoms with E-state index in [4.69, 9.17) is 0 Å². The topological polar surface area (TPSA) is 96.1 Å². The molecule has 2 aromatic carbocycles. The molecule has 0 aliphatic rings. The SMILES string of the molecule is CC(=O)c1cc2cc(NCc3cc(NC(=O)c4cccc(OC(F)(F)F)c4)ccc3C)cnc2[nH]1. The molecule has 1 amide bonds. The van der Waals surface area contributed by atoms with Crippen LogP contribution in [0.15, 0.2) is 60.8 Å². The second-order valence-corrected chi connectivity index (χ2v) is 7.93. The average Bonchev–Trinajstić information content (AvgIpc) is 3.22. The van der Waals surface area contributed by atoms with Crippen molar-refractivity contribution in [3.05, 3.63) is 83.2 Å². The van der Waals surface area contributed by atoms with Crippen LogP contribution < -0.4 is 15.4 Å². The molecule has 4 rings (SSSR count). The van der Waals surface area contributed by atoms with Gasteiger partial charge in [-0.1, -0.05) is 12.1 Å². The summed E-state index contributed by atoms with van der Waals surface area (Å²) >= 11 is 0. The van der Waals surface area contributed by atoms with Gasteiger partial charge in [0.2, 0.25) is 0 Å². The van der Waals surface area contributed by atoms with Gasteiger partial charge in [0.1, 0.15) is 11.4 Å². The lowest BCUT2D eigenvalue weighted by Crippen LogP contribution is -2.18. The van der Waals surface area contributed by atoms with Crippen molar-refractivity contribution >= 4 is 34.1 Å². The number of carbonyl (C=O) groups excluding carboxylic acids is 2. The average molecular weight is 482 g/mol. The Morgan fingerprint density at radius 1 is 1.06 bits per heavy atom. The smallest absolute Gasteiger partial charge is 0.406 e. The first-order valence-corrected chi connectivity index (χ1v) is 10.6. The van der Waals surface area contributed by atoms with E-state index in [1.54, 1.807) is 24.4 Å². The number of hydrogen-bond acceptors (Lipinski definition) is 5. The minimum absolute atomic E-state index is 0.0304. The molecule has 0 aliphatic heterocycles. The van der Waals surface area contributed by atoms with Crippen molar-refractivity contribution in [1.29, 1.82) is 0 Å². The second-order valence-electron chi connectivity index (χ2n) is 7.93. The number of H-pyrrole nitrogens is 1. The Bertz CT molecular complexity index is 1410. The first kappa shape index (κ1) is 23.8. The van der Waals surface area contributed by atoms with Gasteiger partial charge in [0, 0.05) is 30.1 Å². The van der Waals surface area contributed by atoms with Crippen molar-refractivity contribution < 1.29 is 27.5 Å². The van der Waals surface area contributed by atoms with E-state index in [9.17, 15) is 22.8 Å². The van der Waals surface area contributed by atoms with E-state index in [1.807, 2.05) is 19.1 Å². The first-order valence-electron chi connectivity index (χ1n) is 10.6. The van der Waals surface area contributed by atoms with E-state index < -0.39 is 18.0 Å². The fourth-order valence-electron chi connectivity index (χ4n) is 3.48. The third-order valence-electron chi connectivity index (χ3n) is 5.27. The molecule has 0 radical (unpaired) electrons. The second kappa shape index (κ2) is 9.49. The van der Waals surface area contributed by atoms with Gasteiger partial charge in [0.05, 0.1) is 17.6 Å². The van der Waals surface area contributed by atoms with Gasteiger partial charge in [-0.05, 0) is 60.5 Å². The van der Waals surface area contributed by atoms with Crippen LogP contribution >= 0.6 is 0 Å². The molecule has 0 aliphatic carbocycles. The highest BCUT2D eigenvalue weighted by Gasteiger charge is 2.31. The summed E-state index contributed by atoms with van der Waals surface area (Å²) in [5.74, 6) is -1.11. The van der Waals surface area contributed by atoms with Gasteiger partial charge in [-0.2, -0.15) is 0 Å². The third-order valence-corrected chi connectivity index (χ3v) is 5.27. The molecule has 0 saturated carbocycles. The Labute approximate surface area is 198 Å². The fourth-order valence-corrected chi connectivity index (χ4v) is 3.48. The standard InChI is InChI=1S/C25H21F3N4O3/c1-14-6-7-19(31-24(34)16-4-3-5-21(10-16)35-25(26,27)28)9-18(14)12-29-20-8-17-11-22(15(2)33)32-23(17)30-13-20/h3-11,13,29H,12H2,1-2H3,(H,30,32)(H,31,34). The zero-order valence-corrected chi connectivity index (χ0v) is 18.8. The Kier molecular flexibility index (Phi) is 6.46. The summed E-state index contributed by atoms with van der Waals surface area (Å²) in [6.07, 6.45) is -3.19. The molecule has 7 nitrogen and oxygen atoms in total. The van der Waals surface area contributed by atoms with Gasteiger partial charge in [-0.15, -0.1) is 13.2 Å². The number of fused-ring (bicyclic) bond motifs is 1. The lowest BCUT2D eigenvalue weighted by molar-refractivity contribution is -0.274. The number of Topliss-reactive ketones (excluding diaryl/α,β-unsaturated/α-hetero) is 1. The number of anilines is 2. The molecule has 35 heavy (non-hydrogen) atoms. The maximum Gasteiger partial charge on any atom is 0.573 e. The molecule has 0 fully saturated rings. The predicted octanol–water partition coefficient (Wildman–Crippen LogP) is 5.84. The van der Waals surface area contributed by atoms with E-state index >= 15 is 0 Å². The summed E-state index contributed by atoms with van der Waals surface area (Å²) in [5.41, 5.74) is 4.25. The predicted molar refractivity (Wildman–Crippen MR) is 126 cm³/mol. The van der Waals surface area contributed by atoms with Gasteiger partial charge in [-0.25, -0.2) is 4.98 Å². The van der Waals surface area contributed by atoms with E-state index in [-0.39, 0.29) is 11.3 Å². The fraction of sp³-hybridized carbons (Fsp3) is 0.160. The quantitative estimate of drug-likeness (QED) is 0.288. The monoisotopic (exact) mass is 482 g/mol. The molecule has 0 atom stereocenters. The molecule has 0 bridgehead atoms. The van der Waals surface area contributed by atoms with Crippen LogP contribution in [0.3, 0.4) is 0 Å². The van der Waals surface area contributed by atoms with Crippen molar-refractivity contribution in [1.82, 2.24) is 9.97 Å². The molecule has 180 valence electrons. The van der Waals surface area contributed by atoms with E-state index in [1.165, 1.54) is 19.1 Å². The number of nitrogens with zero attached hydrogens (tertiary/aromatic N) is 1. The normalized spacial score (nSPS) is 11.3. The number of ketones is 1. The highest BCUT2D eigenvalue weighted by Crippen LogP contribution is 2.24. The van der Waals surface area contributed by atoms with Crippen molar-refractivity contribution in [3.63, 3.8) is 0 Å². The number of benzene rings is 2. The Hall–Kier alpha value is -4.34. The summed E-state index contributed by atoms with van der Waals surface area (Å²) in [5, 5.41) is 6.78. The third kappa shape index (κ3) is 5.97. The number of nitrogens with one attached hydrogen (secondary N) is 3. The van der Waals surface area contributed by atoms with Crippen LogP contribution in [0, 0.1) is 6.92 Å². The number of aromatic nitrogens is 2. The molecular weight excluding hydrogens is 461 g/mol. The van der Waals surface area contributed by atoms with Crippen molar-refractivity contribution in [2.24, 2.45) is 0 Å². The van der Waals surface area contributed by atoms with E-state index in [0.717, 1.165) is 34.3 Å². The molecule has 0 unspecified atom stereocenters. The highest BCUT2D eigenvalue weighted by molar-refractivity contribution is 6.04. The van der Waals surface area contributed by atoms with Crippen LogP contribution in [0.1, 0.15) is 38.9 Å². The van der Waals surface area contributed by atoms with Crippen LogP contribution in [0.4, 0.5) is 24.5 Å². The summed E-state index contributed by atoms with van der Waals surface area (Å²) < 4.78 is 41.3. The maximum absolute atomic E-state index is 12.6. The molecular formula is C25H21F3N4O3. The number of amides is 1. The zero-order chi connectivity index (χ0) is 25.2. The van der Waals surface area contributed by atoms with Gasteiger partial charge in [0.25, 0.3) is 5.91 Å². The number of carbonyl (C=O) groups is 2. The van der Waals surface area contributed by atoms with Crippen molar-refractivity contribution in [2.75, 3.05) is 10.6 Å². The van der Waals surface area contributed by atoms with Crippen LogP contribution in [-0.4, -0.2) is 28.0 Å². The molecule has 4 aromatic rings. The molecule has 0 saturated heterocycles. The first-order chi connectivity index (χ1) is 16.6. The van der Waals surface area contributed by atoms with Crippen LogP contribution in [0.5, 0.6) is 5.75 Å². The molecule has 2 heterocycles. The van der Waals surface area contributed by atoms with E-state index in [0.29, 0.717) is 23.6 Å². The number of aryl methyl sites for hydroxylation is 1. The Balaban J connectivity index is 1.45. The van der Waals surface area contributed by atoms with Gasteiger partial charge < -0.3 is 20.4 Å². The maximum atomic E-state index is 12.6. The summed E-state index contributed by atoms with van der Waals surface area (Å²) in [7, 11) is 0. The van der Waals surface area contributed by atoms with Gasteiger partial charge in [-0.3, -0.25) is 9.59 Å². The minimum atomic E-state index is -4.84. The van der Waals surface area contributed by atoms with Crippen molar-refractivity contribution in [2.45, 2.75) is 26.8 Å². The number of aromatic amines is 1. The number of halogens is 3.